The molecule has 5 heterocycles. The average Bonchev–Trinajstić information content (AvgIpc) is 3.90. The van der Waals surface area contributed by atoms with Crippen LogP contribution in [0.4, 0.5) is 0 Å². The lowest BCUT2D eigenvalue weighted by Gasteiger charge is -1.99. The Balaban J connectivity index is 1.17. The zero-order valence-electron chi connectivity index (χ0n) is 23.1. The number of hydrogen-bond donors (Lipinski definition) is 0. The fraction of sp³-hybridized carbons (Fsp3) is 0. The maximum absolute atomic E-state index is 9.14. The smallest absolute Gasteiger partial charge is 0.146 e. The summed E-state index contributed by atoms with van der Waals surface area (Å²) in [6.45, 7) is 0. The van der Waals surface area contributed by atoms with Gasteiger partial charge in [-0.1, -0.05) is 24.3 Å². The van der Waals surface area contributed by atoms with Crippen LogP contribution in [0.1, 0.15) is 9.75 Å². The topological polar surface area (TPSA) is 95.2 Å². The van der Waals surface area contributed by atoms with E-state index in [0.717, 1.165) is 18.8 Å². The highest BCUT2D eigenvalue weighted by molar-refractivity contribution is 7.26. The van der Waals surface area contributed by atoms with Crippen molar-refractivity contribution >= 4 is 100 Å². The first-order valence-electron chi connectivity index (χ1n) is 13.5. The lowest BCUT2D eigenvalue weighted by Crippen LogP contribution is -1.96. The molecule has 0 bridgehead atoms. The van der Waals surface area contributed by atoms with Crippen molar-refractivity contribution in [3.8, 4) is 45.2 Å². The SMILES string of the molecule is N#CC(C#N)=c1cc/c(=C\c2ccc(-c3ccc4c(c3)sc3cc(-c5ccc(/C=c6\ccc(=C(C#N)C#N)s6)s5)ccc34)s2)s1. The van der Waals surface area contributed by atoms with Gasteiger partial charge in [-0.2, -0.15) is 21.0 Å². The maximum Gasteiger partial charge on any atom is 0.146 e. The molecule has 45 heavy (non-hydrogen) atoms. The van der Waals surface area contributed by atoms with Crippen molar-refractivity contribution in [1.82, 2.24) is 0 Å². The minimum atomic E-state index is 0.144. The van der Waals surface area contributed by atoms with E-state index in [2.05, 4.69) is 72.8 Å². The monoisotopic (exact) mass is 664 g/mol. The highest BCUT2D eigenvalue weighted by atomic mass is 32.1. The first-order chi connectivity index (χ1) is 22.0. The van der Waals surface area contributed by atoms with E-state index in [1.165, 1.54) is 63.7 Å². The van der Waals surface area contributed by atoms with Gasteiger partial charge in [0, 0.05) is 48.7 Å². The second kappa shape index (κ2) is 12.1. The quantitative estimate of drug-likeness (QED) is 0.193. The van der Waals surface area contributed by atoms with Crippen LogP contribution in [0.5, 0.6) is 0 Å². The first-order valence-corrected chi connectivity index (χ1v) is 17.5. The van der Waals surface area contributed by atoms with Crippen LogP contribution in [0.3, 0.4) is 0 Å². The van der Waals surface area contributed by atoms with Crippen LogP contribution < -0.4 is 18.1 Å². The number of nitrogens with zero attached hydrogens (tertiary/aromatic N) is 4. The van der Waals surface area contributed by atoms with Crippen LogP contribution in [0, 0.1) is 45.3 Å². The Morgan fingerprint density at radius 1 is 0.467 bits per heavy atom. The molecule has 9 heteroatoms. The van der Waals surface area contributed by atoms with E-state index in [9.17, 15) is 0 Å². The van der Waals surface area contributed by atoms with Crippen molar-refractivity contribution in [2.24, 2.45) is 0 Å². The van der Waals surface area contributed by atoms with Gasteiger partial charge in [-0.25, -0.2) is 0 Å². The molecule has 0 aliphatic heterocycles. The third-order valence-corrected chi connectivity index (χ3v) is 12.4. The van der Waals surface area contributed by atoms with E-state index >= 15 is 0 Å². The molecule has 210 valence electrons. The molecule has 0 atom stereocenters. The van der Waals surface area contributed by atoms with E-state index in [1.807, 2.05) is 48.5 Å². The lowest BCUT2D eigenvalue weighted by atomic mass is 10.1. The van der Waals surface area contributed by atoms with Crippen molar-refractivity contribution in [3.63, 3.8) is 0 Å². The molecule has 4 nitrogen and oxygen atoms in total. The Morgan fingerprint density at radius 2 is 0.911 bits per heavy atom. The molecule has 7 aromatic rings. The summed E-state index contributed by atoms with van der Waals surface area (Å²) in [5.74, 6) is 0. The fourth-order valence-corrected chi connectivity index (χ4v) is 9.99. The van der Waals surface area contributed by atoms with Crippen LogP contribution in [0.2, 0.25) is 0 Å². The Kier molecular flexibility index (Phi) is 7.72. The van der Waals surface area contributed by atoms with Crippen molar-refractivity contribution in [2.75, 3.05) is 0 Å². The Bertz CT molecular complexity index is 2500. The second-order valence-corrected chi connectivity index (χ2v) is 15.4. The summed E-state index contributed by atoms with van der Waals surface area (Å²) in [6.07, 6.45) is 4.19. The third-order valence-electron chi connectivity index (χ3n) is 7.06. The van der Waals surface area contributed by atoms with Crippen molar-refractivity contribution in [3.05, 3.63) is 113 Å². The standard InChI is InChI=1S/C36H16N4S5/c37-17-23(18-38)33-11-5-27(43-33)15-25-3-9-31(41-25)21-1-7-29-30-8-2-22(14-36(30)45-35(29)13-21)32-10-4-26(42-32)16-28-6-12-34(44-28)24(19-39)20-40/h1-16H/b27-15+,28-16+. The number of rotatable bonds is 4. The van der Waals surface area contributed by atoms with Gasteiger partial charge in [0.15, 0.2) is 0 Å². The van der Waals surface area contributed by atoms with Gasteiger partial charge in [0.2, 0.25) is 0 Å². The molecule has 0 saturated carbocycles. The summed E-state index contributed by atoms with van der Waals surface area (Å²) in [4.78, 5) is 4.62. The molecule has 5 aromatic heterocycles. The predicted octanol–water partition coefficient (Wildman–Crippen LogP) is 7.69. The van der Waals surface area contributed by atoms with Crippen LogP contribution in [0.15, 0.2) is 84.9 Å². The Labute approximate surface area is 277 Å². The normalized spacial score (nSPS) is 11.7. The molecule has 7 rings (SSSR count). The molecule has 0 unspecified atom stereocenters. The summed E-state index contributed by atoms with van der Waals surface area (Å²) in [7, 11) is 0. The average molecular weight is 665 g/mol. The van der Waals surface area contributed by atoms with Crippen LogP contribution in [-0.4, -0.2) is 0 Å². The summed E-state index contributed by atoms with van der Waals surface area (Å²) in [5, 5.41) is 39.1. The van der Waals surface area contributed by atoms with Crippen LogP contribution in [-0.2, 0) is 0 Å². The molecule has 0 spiro atoms. The second-order valence-electron chi connectivity index (χ2n) is 9.82. The molecule has 0 aliphatic rings. The van der Waals surface area contributed by atoms with Crippen molar-refractivity contribution in [2.45, 2.75) is 0 Å². The third kappa shape index (κ3) is 5.64. The number of benzene rings is 2. The van der Waals surface area contributed by atoms with E-state index < -0.39 is 0 Å². The summed E-state index contributed by atoms with van der Waals surface area (Å²) in [6, 6.07) is 37.3. The van der Waals surface area contributed by atoms with Gasteiger partial charge in [0.05, 0.1) is 9.06 Å². The van der Waals surface area contributed by atoms with Gasteiger partial charge in [0.25, 0.3) is 0 Å². The van der Waals surface area contributed by atoms with Gasteiger partial charge in [0.1, 0.15) is 35.4 Å². The highest BCUT2D eigenvalue weighted by Crippen LogP contribution is 2.40. The van der Waals surface area contributed by atoms with Crippen molar-refractivity contribution < 1.29 is 0 Å². The lowest BCUT2D eigenvalue weighted by molar-refractivity contribution is 1.51. The molecule has 0 radical (unpaired) electrons. The summed E-state index contributed by atoms with van der Waals surface area (Å²) in [5.41, 5.74) is 2.65. The van der Waals surface area contributed by atoms with E-state index in [-0.39, 0.29) is 11.1 Å². The molecule has 2 aromatic carbocycles. The molecule has 0 fully saturated rings. The fourth-order valence-electron chi connectivity index (χ4n) is 4.94. The summed E-state index contributed by atoms with van der Waals surface area (Å²) >= 11 is 8.14. The van der Waals surface area contributed by atoms with Gasteiger partial charge in [-0.3, -0.25) is 0 Å². The van der Waals surface area contributed by atoms with Gasteiger partial charge in [-0.05, 0) is 83.9 Å². The van der Waals surface area contributed by atoms with Crippen molar-refractivity contribution in [1.29, 1.82) is 21.0 Å². The highest BCUT2D eigenvalue weighted by Gasteiger charge is 2.11. The predicted molar refractivity (Wildman–Crippen MR) is 189 cm³/mol. The van der Waals surface area contributed by atoms with E-state index in [1.54, 1.807) is 34.0 Å². The molecular weight excluding hydrogens is 649 g/mol. The van der Waals surface area contributed by atoms with Gasteiger partial charge < -0.3 is 0 Å². The molecule has 0 amide bonds. The van der Waals surface area contributed by atoms with Crippen LogP contribution in [0.25, 0.3) is 64.4 Å². The summed E-state index contributed by atoms with van der Waals surface area (Å²) < 4.78 is 5.90. The van der Waals surface area contributed by atoms with E-state index in [0.29, 0.717) is 9.06 Å². The minimum absolute atomic E-state index is 0.144. The largest absolute Gasteiger partial charge is 0.192 e. The number of thiophene rings is 5. The number of hydrogen-bond acceptors (Lipinski definition) is 9. The maximum atomic E-state index is 9.14. The zero-order valence-corrected chi connectivity index (χ0v) is 27.2. The number of nitriles is 4. The number of fused-ring (bicyclic) bond motifs is 3. The zero-order chi connectivity index (χ0) is 30.9. The minimum Gasteiger partial charge on any atom is -0.192 e. The first kappa shape index (κ1) is 28.7. The van der Waals surface area contributed by atoms with E-state index in [4.69, 9.17) is 21.0 Å². The Hall–Kier alpha value is -5.10. The molecule has 0 aliphatic carbocycles. The molecular formula is C36H16N4S5. The molecule has 0 N–H and O–H groups in total. The molecule has 0 saturated heterocycles. The van der Waals surface area contributed by atoms with Gasteiger partial charge >= 0.3 is 0 Å². The van der Waals surface area contributed by atoms with Crippen LogP contribution >= 0.6 is 56.7 Å². The Morgan fingerprint density at radius 3 is 1.33 bits per heavy atom. The van der Waals surface area contributed by atoms with Gasteiger partial charge in [-0.15, -0.1) is 56.7 Å².